The van der Waals surface area contributed by atoms with Crippen LogP contribution in [0.1, 0.15) is 130 Å². The summed E-state index contributed by atoms with van der Waals surface area (Å²) in [6, 6.07) is 0.634. The number of aliphatic hydroxyl groups excluding tert-OH is 2. The average Bonchev–Trinajstić information content (AvgIpc) is 2.95. The first-order valence-corrected chi connectivity index (χ1v) is 18.0. The van der Waals surface area contributed by atoms with Crippen LogP contribution in [0.2, 0.25) is 0 Å². The van der Waals surface area contributed by atoms with Crippen molar-refractivity contribution < 1.29 is 38.6 Å². The number of nitrogens with one attached hydrogen (secondary N) is 2. The van der Waals surface area contributed by atoms with Crippen LogP contribution in [-0.2, 0) is 18.4 Å². The summed E-state index contributed by atoms with van der Waals surface area (Å²) in [6.07, 6.45) is 15.4. The van der Waals surface area contributed by atoms with Crippen LogP contribution < -0.4 is 10.9 Å². The Hall–Kier alpha value is -1.44. The van der Waals surface area contributed by atoms with E-state index >= 15 is 0 Å². The minimum Gasteiger partial charge on any atom is -0.390 e. The van der Waals surface area contributed by atoms with Gasteiger partial charge in [-0.15, -0.1) is 0 Å². The Balaban J connectivity index is 2.33. The molecular weight excluding hydrogens is 609 g/mol. The number of nitrogens with zero attached hydrogens (tertiary/aromatic N) is 1. The zero-order valence-electron chi connectivity index (χ0n) is 26.7. The summed E-state index contributed by atoms with van der Waals surface area (Å²) < 4.78 is 23.3. The van der Waals surface area contributed by atoms with Gasteiger partial charge in [0.15, 0.2) is 11.0 Å². The number of carbonyl (C=O) groups excluding carboxylic acids is 1. The lowest BCUT2D eigenvalue weighted by molar-refractivity contribution is -0.167. The standard InChI is InChI=1S/C30H56N3O9PS/c1-4-5-6-7-8-9-10-11-12-13-14-15-16-17-18-25(31-24(2)34)23-42-43(39,40)41-22-20-26(35)30(3,38)28(37)33-21-19-27(36)32-29(33)44/h19,21,25-26,28,35,37-38H,4-18,20,22-23H2,1-3H3,(H,31,34)(H,39,40)(H,32,36,44)/t25-,26?,28-,30-/m1/s1. The highest BCUT2D eigenvalue weighted by atomic mass is 32.1. The Morgan fingerprint density at radius 1 is 1.00 bits per heavy atom. The molecule has 12 nitrogen and oxygen atoms in total. The van der Waals surface area contributed by atoms with Crippen LogP contribution in [-0.4, -0.2) is 66.6 Å². The molecule has 6 N–H and O–H groups in total. The number of unbranched alkanes of at least 4 members (excludes halogenated alkanes) is 13. The number of aliphatic hydroxyl groups is 3. The number of aromatic amines is 1. The molecule has 0 bridgehead atoms. The summed E-state index contributed by atoms with van der Waals surface area (Å²) in [5.74, 6) is -0.274. The van der Waals surface area contributed by atoms with Crippen molar-refractivity contribution in [2.75, 3.05) is 13.2 Å². The first kappa shape index (κ1) is 40.6. The lowest BCUT2D eigenvalue weighted by Gasteiger charge is -2.34. The van der Waals surface area contributed by atoms with Crippen LogP contribution >= 0.6 is 20.0 Å². The molecule has 0 aliphatic heterocycles. The normalized spacial score (nSPS) is 16.5. The molecule has 1 heterocycles. The molecule has 0 saturated carbocycles. The topological polar surface area (TPSA) is 183 Å². The van der Waals surface area contributed by atoms with Crippen molar-refractivity contribution in [2.45, 2.75) is 147 Å². The highest BCUT2D eigenvalue weighted by molar-refractivity contribution is 7.71. The molecule has 44 heavy (non-hydrogen) atoms. The number of hydrogen-bond acceptors (Lipinski definition) is 9. The SMILES string of the molecule is CCCCCCCCCCCCCCCC[C@H](COP(=O)(O)OCCC(O)[C@@](C)(O)[C@@H](O)n1ccc(=O)[nH]c1=S)NC(C)=O. The van der Waals surface area contributed by atoms with Gasteiger partial charge in [-0.25, -0.2) is 4.57 Å². The zero-order valence-corrected chi connectivity index (χ0v) is 28.5. The van der Waals surface area contributed by atoms with E-state index in [4.69, 9.17) is 21.3 Å². The van der Waals surface area contributed by atoms with Crippen LogP contribution in [0.5, 0.6) is 0 Å². The monoisotopic (exact) mass is 665 g/mol. The van der Waals surface area contributed by atoms with Crippen molar-refractivity contribution in [3.05, 3.63) is 27.4 Å². The Bertz CT molecular complexity index is 1100. The van der Waals surface area contributed by atoms with Crippen molar-refractivity contribution in [1.82, 2.24) is 14.9 Å². The summed E-state index contributed by atoms with van der Waals surface area (Å²) in [7, 11) is -4.53. The third kappa shape index (κ3) is 17.3. The van der Waals surface area contributed by atoms with E-state index in [0.29, 0.717) is 6.42 Å². The minimum atomic E-state index is -4.53. The minimum absolute atomic E-state index is 0.162. The summed E-state index contributed by atoms with van der Waals surface area (Å²) in [4.78, 5) is 35.4. The van der Waals surface area contributed by atoms with Gasteiger partial charge in [0, 0.05) is 25.6 Å². The largest absolute Gasteiger partial charge is 0.472 e. The van der Waals surface area contributed by atoms with Crippen LogP contribution in [0.25, 0.3) is 0 Å². The summed E-state index contributed by atoms with van der Waals surface area (Å²) in [5.41, 5.74) is -2.64. The van der Waals surface area contributed by atoms with E-state index in [1.165, 1.54) is 83.7 Å². The number of aromatic nitrogens is 2. The summed E-state index contributed by atoms with van der Waals surface area (Å²) >= 11 is 4.98. The molecule has 1 aromatic heterocycles. The molecule has 1 amide bonds. The maximum absolute atomic E-state index is 12.4. The third-order valence-corrected chi connectivity index (χ3v) is 9.01. The van der Waals surface area contributed by atoms with Crippen molar-refractivity contribution in [3.8, 4) is 0 Å². The summed E-state index contributed by atoms with van der Waals surface area (Å²) in [6.45, 7) is 4.06. The summed E-state index contributed by atoms with van der Waals surface area (Å²) in [5, 5.41) is 34.4. The number of hydrogen-bond donors (Lipinski definition) is 6. The van der Waals surface area contributed by atoms with Gasteiger partial charge in [-0.2, -0.15) is 0 Å². The second-order valence-electron chi connectivity index (χ2n) is 11.8. The second-order valence-corrected chi connectivity index (χ2v) is 13.6. The van der Waals surface area contributed by atoms with E-state index in [2.05, 4.69) is 17.2 Å². The van der Waals surface area contributed by atoms with Gasteiger partial charge < -0.3 is 25.5 Å². The van der Waals surface area contributed by atoms with E-state index < -0.39 is 44.0 Å². The van der Waals surface area contributed by atoms with Crippen LogP contribution in [0, 0.1) is 4.77 Å². The van der Waals surface area contributed by atoms with Crippen molar-refractivity contribution in [2.24, 2.45) is 0 Å². The van der Waals surface area contributed by atoms with Gasteiger partial charge >= 0.3 is 7.82 Å². The van der Waals surface area contributed by atoms with Crippen LogP contribution in [0.3, 0.4) is 0 Å². The average molecular weight is 666 g/mol. The fourth-order valence-corrected chi connectivity index (χ4v) is 5.98. The third-order valence-electron chi connectivity index (χ3n) is 7.71. The maximum atomic E-state index is 12.4. The van der Waals surface area contributed by atoms with E-state index in [1.54, 1.807) is 0 Å². The number of H-pyrrole nitrogens is 1. The molecule has 0 saturated heterocycles. The molecule has 0 radical (unpaired) electrons. The Kier molecular flexibility index (Phi) is 20.4. The van der Waals surface area contributed by atoms with Gasteiger partial charge in [0.05, 0.1) is 25.4 Å². The van der Waals surface area contributed by atoms with Gasteiger partial charge in [-0.1, -0.05) is 96.8 Å². The number of carbonyl (C=O) groups is 1. The van der Waals surface area contributed by atoms with Crippen molar-refractivity contribution in [3.63, 3.8) is 0 Å². The number of phosphoric ester groups is 1. The molecule has 1 aromatic rings. The molecule has 0 fully saturated rings. The molecule has 256 valence electrons. The maximum Gasteiger partial charge on any atom is 0.472 e. The molecule has 2 unspecified atom stereocenters. The first-order valence-electron chi connectivity index (χ1n) is 16.1. The van der Waals surface area contributed by atoms with Gasteiger partial charge in [-0.05, 0) is 25.6 Å². The van der Waals surface area contributed by atoms with Crippen molar-refractivity contribution >= 4 is 25.9 Å². The molecule has 0 spiro atoms. The van der Waals surface area contributed by atoms with E-state index in [-0.39, 0.29) is 23.7 Å². The smallest absolute Gasteiger partial charge is 0.390 e. The fourth-order valence-electron chi connectivity index (χ4n) is 4.94. The van der Waals surface area contributed by atoms with Gasteiger partial charge in [0.25, 0.3) is 5.56 Å². The highest BCUT2D eigenvalue weighted by Gasteiger charge is 2.39. The van der Waals surface area contributed by atoms with Gasteiger partial charge in [0.2, 0.25) is 5.91 Å². The van der Waals surface area contributed by atoms with E-state index in [1.807, 2.05) is 0 Å². The molecule has 0 aliphatic rings. The Labute approximate surface area is 267 Å². The Morgan fingerprint density at radius 3 is 2.02 bits per heavy atom. The first-order chi connectivity index (χ1) is 20.8. The molecule has 0 aromatic carbocycles. The number of phosphoric acid groups is 1. The molecule has 0 aliphatic carbocycles. The fraction of sp³-hybridized carbons (Fsp3) is 0.833. The molecular formula is C30H56N3O9PS. The van der Waals surface area contributed by atoms with E-state index in [9.17, 15) is 34.4 Å². The predicted octanol–water partition coefficient (Wildman–Crippen LogP) is 5.41. The zero-order chi connectivity index (χ0) is 33.0. The molecule has 5 atom stereocenters. The highest BCUT2D eigenvalue weighted by Crippen LogP contribution is 2.43. The number of rotatable bonds is 26. The predicted molar refractivity (Wildman–Crippen MR) is 173 cm³/mol. The van der Waals surface area contributed by atoms with E-state index in [0.717, 1.165) is 36.8 Å². The van der Waals surface area contributed by atoms with Crippen LogP contribution in [0.4, 0.5) is 0 Å². The van der Waals surface area contributed by atoms with Crippen molar-refractivity contribution in [1.29, 1.82) is 0 Å². The lowest BCUT2D eigenvalue weighted by atomic mass is 9.94. The molecule has 1 rings (SSSR count). The van der Waals surface area contributed by atoms with Gasteiger partial charge in [-0.3, -0.25) is 28.2 Å². The molecule has 14 heteroatoms. The quantitative estimate of drug-likeness (QED) is 0.0425. The Morgan fingerprint density at radius 2 is 1.52 bits per heavy atom. The van der Waals surface area contributed by atoms with Gasteiger partial charge in [0.1, 0.15) is 5.60 Å². The second kappa shape index (κ2) is 22.1. The number of amides is 1. The lowest BCUT2D eigenvalue weighted by Crippen LogP contribution is -2.48. The van der Waals surface area contributed by atoms with Crippen LogP contribution in [0.15, 0.2) is 17.1 Å².